The van der Waals surface area contributed by atoms with Crippen molar-refractivity contribution in [3.8, 4) is 6.07 Å². The van der Waals surface area contributed by atoms with Crippen molar-refractivity contribution >= 4 is 0 Å². The number of hydrogen-bond acceptors (Lipinski definition) is 3. The van der Waals surface area contributed by atoms with Crippen molar-refractivity contribution in [1.82, 2.24) is 9.88 Å². The first-order valence-corrected chi connectivity index (χ1v) is 5.49. The van der Waals surface area contributed by atoms with Gasteiger partial charge in [0, 0.05) is 31.4 Å². The number of nitriles is 1. The molecular weight excluding hydrogens is 214 g/mol. The van der Waals surface area contributed by atoms with Gasteiger partial charge < -0.3 is 14.3 Å². The van der Waals surface area contributed by atoms with E-state index in [0.717, 1.165) is 29.9 Å². The van der Waals surface area contributed by atoms with E-state index < -0.39 is 0 Å². The van der Waals surface area contributed by atoms with E-state index in [0.29, 0.717) is 5.69 Å². The second-order valence-electron chi connectivity index (χ2n) is 4.05. The number of aromatic nitrogens is 1. The molecule has 1 N–H and O–H groups in total. The quantitative estimate of drug-likeness (QED) is 0.873. The topological polar surface area (TPSA) is 53.9 Å². The second-order valence-corrected chi connectivity index (χ2v) is 4.05. The fourth-order valence-electron chi connectivity index (χ4n) is 1.78. The number of furan rings is 1. The molecule has 17 heavy (non-hydrogen) atoms. The molecule has 0 aromatic carbocycles. The second kappa shape index (κ2) is 4.89. The Hall–Kier alpha value is -1.99. The van der Waals surface area contributed by atoms with Gasteiger partial charge in [0.15, 0.2) is 0 Å². The lowest BCUT2D eigenvalue weighted by molar-refractivity contribution is 0.560. The van der Waals surface area contributed by atoms with Gasteiger partial charge in [-0.15, -0.1) is 0 Å². The molecule has 0 aliphatic carbocycles. The number of nitrogens with zero attached hydrogens (tertiary/aromatic N) is 2. The van der Waals surface area contributed by atoms with Crippen LogP contribution in [0, 0.1) is 18.3 Å². The first kappa shape index (κ1) is 11.5. The fourth-order valence-corrected chi connectivity index (χ4v) is 1.78. The van der Waals surface area contributed by atoms with Crippen LogP contribution in [0.15, 0.2) is 29.1 Å². The summed E-state index contributed by atoms with van der Waals surface area (Å²) in [6.07, 6.45) is 3.39. The third kappa shape index (κ3) is 2.40. The highest BCUT2D eigenvalue weighted by Crippen LogP contribution is 2.13. The largest absolute Gasteiger partial charge is 0.472 e. The van der Waals surface area contributed by atoms with Gasteiger partial charge in [0.1, 0.15) is 11.8 Å². The smallest absolute Gasteiger partial charge is 0.120 e. The van der Waals surface area contributed by atoms with Crippen LogP contribution in [-0.4, -0.2) is 4.57 Å². The summed E-state index contributed by atoms with van der Waals surface area (Å²) < 4.78 is 6.91. The van der Waals surface area contributed by atoms with Crippen LogP contribution in [0.5, 0.6) is 0 Å². The molecule has 4 heteroatoms. The minimum absolute atomic E-state index is 0.697. The summed E-state index contributed by atoms with van der Waals surface area (Å²) in [5.41, 5.74) is 4.11. The molecule has 0 radical (unpaired) electrons. The summed E-state index contributed by atoms with van der Waals surface area (Å²) in [5.74, 6) is 0. The number of hydrogen-bond donors (Lipinski definition) is 1. The van der Waals surface area contributed by atoms with E-state index in [9.17, 15) is 0 Å². The highest BCUT2D eigenvalue weighted by Gasteiger charge is 2.07. The van der Waals surface area contributed by atoms with Crippen molar-refractivity contribution in [3.05, 3.63) is 47.2 Å². The monoisotopic (exact) mass is 229 g/mol. The van der Waals surface area contributed by atoms with Gasteiger partial charge in [-0.05, 0) is 24.6 Å². The Kier molecular flexibility index (Phi) is 3.31. The van der Waals surface area contributed by atoms with Gasteiger partial charge in [0.25, 0.3) is 0 Å². The lowest BCUT2D eigenvalue weighted by Crippen LogP contribution is -2.12. The van der Waals surface area contributed by atoms with Crippen LogP contribution in [0.4, 0.5) is 0 Å². The van der Waals surface area contributed by atoms with Gasteiger partial charge in [-0.1, -0.05) is 0 Å². The number of rotatable bonds is 4. The van der Waals surface area contributed by atoms with Gasteiger partial charge in [-0.25, -0.2) is 0 Å². The van der Waals surface area contributed by atoms with E-state index in [1.807, 2.05) is 30.7 Å². The molecule has 2 rings (SSSR count). The predicted molar refractivity (Wildman–Crippen MR) is 64.1 cm³/mol. The molecule has 88 valence electrons. The molecule has 0 bridgehead atoms. The Morgan fingerprint density at radius 2 is 2.29 bits per heavy atom. The Balaban J connectivity index is 1.98. The van der Waals surface area contributed by atoms with Gasteiger partial charge in [-0.2, -0.15) is 5.26 Å². The Morgan fingerprint density at radius 3 is 2.88 bits per heavy atom. The van der Waals surface area contributed by atoms with Crippen LogP contribution >= 0.6 is 0 Å². The van der Waals surface area contributed by atoms with Gasteiger partial charge in [0.05, 0.1) is 12.5 Å². The van der Waals surface area contributed by atoms with Crippen LogP contribution in [0.1, 0.15) is 22.5 Å². The highest BCUT2D eigenvalue weighted by atomic mass is 16.3. The van der Waals surface area contributed by atoms with Crippen molar-refractivity contribution in [2.75, 3.05) is 0 Å². The van der Waals surface area contributed by atoms with E-state index in [4.69, 9.17) is 9.68 Å². The van der Waals surface area contributed by atoms with E-state index in [1.54, 1.807) is 12.5 Å². The molecule has 4 nitrogen and oxygen atoms in total. The molecule has 0 saturated heterocycles. The fraction of sp³-hybridized carbons (Fsp3) is 0.308. The van der Waals surface area contributed by atoms with Crippen molar-refractivity contribution in [3.63, 3.8) is 0 Å². The Morgan fingerprint density at radius 1 is 1.47 bits per heavy atom. The van der Waals surface area contributed by atoms with Crippen LogP contribution in [0.25, 0.3) is 0 Å². The Labute approximate surface area is 100 Å². The normalized spacial score (nSPS) is 10.4. The standard InChI is InChI=1S/C13H15N3O/c1-10-12(5-13(6-14)16(10)2)8-15-7-11-3-4-17-9-11/h3-5,9,15H,7-8H2,1-2H3. The summed E-state index contributed by atoms with van der Waals surface area (Å²) >= 11 is 0. The van der Waals surface area contributed by atoms with E-state index in [-0.39, 0.29) is 0 Å². The third-order valence-corrected chi connectivity index (χ3v) is 2.98. The maximum atomic E-state index is 8.93. The zero-order valence-corrected chi connectivity index (χ0v) is 10.0. The average molecular weight is 229 g/mol. The van der Waals surface area contributed by atoms with Crippen LogP contribution in [0.3, 0.4) is 0 Å². The summed E-state index contributed by atoms with van der Waals surface area (Å²) in [6, 6.07) is 6.04. The summed E-state index contributed by atoms with van der Waals surface area (Å²) in [5, 5.41) is 12.3. The molecule has 2 aromatic rings. The molecule has 0 spiro atoms. The van der Waals surface area contributed by atoms with Gasteiger partial charge in [-0.3, -0.25) is 0 Å². The molecule has 2 aromatic heterocycles. The number of nitrogens with one attached hydrogen (secondary N) is 1. The summed E-state index contributed by atoms with van der Waals surface area (Å²) in [6.45, 7) is 3.55. The zero-order valence-electron chi connectivity index (χ0n) is 10.0. The van der Waals surface area contributed by atoms with Crippen LogP contribution in [0.2, 0.25) is 0 Å². The summed E-state index contributed by atoms with van der Waals surface area (Å²) in [7, 11) is 1.91. The first-order valence-electron chi connectivity index (χ1n) is 5.49. The van der Waals surface area contributed by atoms with Crippen molar-refractivity contribution in [2.24, 2.45) is 7.05 Å². The molecule has 0 fully saturated rings. The molecule has 0 aliphatic rings. The van der Waals surface area contributed by atoms with Gasteiger partial charge in [0.2, 0.25) is 0 Å². The molecule has 0 amide bonds. The van der Waals surface area contributed by atoms with E-state index in [1.165, 1.54) is 0 Å². The maximum absolute atomic E-state index is 8.93. The SMILES string of the molecule is Cc1c(CNCc2ccoc2)cc(C#N)n1C. The van der Waals surface area contributed by atoms with Crippen molar-refractivity contribution < 1.29 is 4.42 Å². The molecule has 2 heterocycles. The minimum atomic E-state index is 0.697. The molecule has 0 saturated carbocycles. The third-order valence-electron chi connectivity index (χ3n) is 2.98. The predicted octanol–water partition coefficient (Wildman–Crippen LogP) is 2.09. The molecule has 0 atom stereocenters. The minimum Gasteiger partial charge on any atom is -0.472 e. The molecular formula is C13H15N3O. The average Bonchev–Trinajstić information content (AvgIpc) is 2.92. The molecule has 0 aliphatic heterocycles. The van der Waals surface area contributed by atoms with E-state index >= 15 is 0 Å². The zero-order chi connectivity index (χ0) is 12.3. The highest BCUT2D eigenvalue weighted by molar-refractivity contribution is 5.34. The maximum Gasteiger partial charge on any atom is 0.120 e. The van der Waals surface area contributed by atoms with Crippen LogP contribution in [-0.2, 0) is 20.1 Å². The Bertz CT molecular complexity index is 532. The first-order chi connectivity index (χ1) is 8.22. The lowest BCUT2D eigenvalue weighted by atomic mass is 10.2. The van der Waals surface area contributed by atoms with Crippen molar-refractivity contribution in [1.29, 1.82) is 5.26 Å². The van der Waals surface area contributed by atoms with E-state index in [2.05, 4.69) is 11.4 Å². The summed E-state index contributed by atoms with van der Waals surface area (Å²) in [4.78, 5) is 0. The van der Waals surface area contributed by atoms with Crippen molar-refractivity contribution in [2.45, 2.75) is 20.0 Å². The molecule has 0 unspecified atom stereocenters. The van der Waals surface area contributed by atoms with Gasteiger partial charge >= 0.3 is 0 Å². The lowest BCUT2D eigenvalue weighted by Gasteiger charge is -2.03. The van der Waals surface area contributed by atoms with Crippen LogP contribution < -0.4 is 5.32 Å².